The smallest absolute Gasteiger partial charge is 0.228 e. The molecule has 2 fully saturated rings. The Balaban J connectivity index is 0.00000225. The first-order valence-electron chi connectivity index (χ1n) is 8.49. The molecule has 1 aromatic rings. The molecule has 0 aromatic heterocycles. The lowest BCUT2D eigenvalue weighted by Crippen LogP contribution is -2.58. The number of hydrogen-bond donors (Lipinski definition) is 1. The van der Waals surface area contributed by atoms with E-state index in [-0.39, 0.29) is 42.2 Å². The van der Waals surface area contributed by atoms with E-state index in [2.05, 4.69) is 19.2 Å². The Morgan fingerprint density at radius 3 is 2.56 bits per heavy atom. The number of rotatable bonds is 3. The number of hydrogen-bond acceptors (Lipinski definition) is 4. The average molecular weight is 384 g/mol. The monoisotopic (exact) mass is 383 g/mol. The Morgan fingerprint density at radius 2 is 1.92 bits per heavy atom. The number of piperazine rings is 1. The van der Waals surface area contributed by atoms with Gasteiger partial charge in [0, 0.05) is 48.7 Å². The molecule has 2 saturated heterocycles. The molecule has 0 bridgehead atoms. The summed E-state index contributed by atoms with van der Waals surface area (Å²) in [4.78, 5) is 30.2. The second-order valence-electron chi connectivity index (χ2n) is 6.62. The van der Waals surface area contributed by atoms with Gasteiger partial charge in [-0.25, -0.2) is 0 Å². The van der Waals surface area contributed by atoms with E-state index in [4.69, 9.17) is 0 Å². The molecule has 7 heteroatoms. The molecule has 2 amide bonds. The summed E-state index contributed by atoms with van der Waals surface area (Å²) in [7, 11) is 0. The number of thioether (sulfide) groups is 1. The number of halogens is 1. The van der Waals surface area contributed by atoms with Crippen molar-refractivity contribution in [2.24, 2.45) is 5.92 Å². The third kappa shape index (κ3) is 4.13. The molecule has 5 nitrogen and oxygen atoms in total. The molecule has 0 radical (unpaired) electrons. The predicted molar refractivity (Wildman–Crippen MR) is 105 cm³/mol. The summed E-state index contributed by atoms with van der Waals surface area (Å²) in [6.45, 7) is 6.20. The van der Waals surface area contributed by atoms with Gasteiger partial charge in [0.25, 0.3) is 0 Å². The Kier molecular flexibility index (Phi) is 6.77. The highest BCUT2D eigenvalue weighted by molar-refractivity contribution is 7.98. The largest absolute Gasteiger partial charge is 0.337 e. The van der Waals surface area contributed by atoms with E-state index >= 15 is 0 Å². The summed E-state index contributed by atoms with van der Waals surface area (Å²) in [6.07, 6.45) is 2.34. The van der Waals surface area contributed by atoms with Crippen molar-refractivity contribution < 1.29 is 9.59 Å². The highest BCUT2D eigenvalue weighted by Gasteiger charge is 2.39. The van der Waals surface area contributed by atoms with Crippen LogP contribution in [0, 0.1) is 5.92 Å². The number of amides is 2. The summed E-state index contributed by atoms with van der Waals surface area (Å²) < 4.78 is 0. The lowest BCUT2D eigenvalue weighted by molar-refractivity contribution is -0.139. The van der Waals surface area contributed by atoms with Gasteiger partial charge in [-0.2, -0.15) is 0 Å². The Labute approximate surface area is 159 Å². The van der Waals surface area contributed by atoms with E-state index in [0.29, 0.717) is 13.0 Å². The Bertz CT molecular complexity index is 625. The minimum atomic E-state index is -0.231. The van der Waals surface area contributed by atoms with Gasteiger partial charge in [-0.15, -0.1) is 24.2 Å². The average Bonchev–Trinajstić information content (AvgIpc) is 2.98. The fourth-order valence-electron chi connectivity index (χ4n) is 3.49. The van der Waals surface area contributed by atoms with Crippen molar-refractivity contribution in [3.05, 3.63) is 24.3 Å². The van der Waals surface area contributed by atoms with E-state index in [1.165, 1.54) is 4.90 Å². The molecule has 0 saturated carbocycles. The molecule has 0 spiro atoms. The van der Waals surface area contributed by atoms with E-state index in [1.807, 2.05) is 35.4 Å². The van der Waals surface area contributed by atoms with E-state index in [0.717, 1.165) is 18.8 Å². The van der Waals surface area contributed by atoms with Crippen LogP contribution in [0.2, 0.25) is 0 Å². The molecular weight excluding hydrogens is 358 g/mol. The van der Waals surface area contributed by atoms with Crippen LogP contribution in [0.1, 0.15) is 20.3 Å². The molecule has 2 heterocycles. The fourth-order valence-corrected chi connectivity index (χ4v) is 3.90. The van der Waals surface area contributed by atoms with Gasteiger partial charge in [-0.1, -0.05) is 0 Å². The minimum Gasteiger partial charge on any atom is -0.337 e. The van der Waals surface area contributed by atoms with Gasteiger partial charge in [0.15, 0.2) is 0 Å². The quantitative estimate of drug-likeness (QED) is 0.814. The zero-order valence-corrected chi connectivity index (χ0v) is 16.5. The van der Waals surface area contributed by atoms with Crippen molar-refractivity contribution in [1.29, 1.82) is 0 Å². The molecule has 3 rings (SSSR count). The minimum absolute atomic E-state index is 0. The third-order valence-corrected chi connectivity index (χ3v) is 5.92. The number of anilines is 1. The summed E-state index contributed by atoms with van der Waals surface area (Å²) in [6, 6.07) is 8.41. The van der Waals surface area contributed by atoms with Crippen molar-refractivity contribution >= 4 is 41.7 Å². The zero-order valence-electron chi connectivity index (χ0n) is 14.9. The van der Waals surface area contributed by atoms with Crippen LogP contribution in [0.25, 0.3) is 0 Å². The van der Waals surface area contributed by atoms with Crippen molar-refractivity contribution in [3.8, 4) is 0 Å². The molecule has 3 atom stereocenters. The van der Waals surface area contributed by atoms with Crippen LogP contribution in [-0.4, -0.2) is 54.7 Å². The van der Waals surface area contributed by atoms with Crippen LogP contribution in [0.3, 0.4) is 0 Å². The van der Waals surface area contributed by atoms with Gasteiger partial charge in [-0.3, -0.25) is 9.59 Å². The molecule has 1 N–H and O–H groups in total. The lowest BCUT2D eigenvalue weighted by atomic mass is 10.0. The van der Waals surface area contributed by atoms with Crippen molar-refractivity contribution in [2.45, 2.75) is 37.2 Å². The normalized spacial score (nSPS) is 26.5. The lowest BCUT2D eigenvalue weighted by Gasteiger charge is -2.39. The summed E-state index contributed by atoms with van der Waals surface area (Å²) in [5.74, 6) is -0.0704. The molecular formula is C18H26ClN3O2S. The van der Waals surface area contributed by atoms with Crippen LogP contribution >= 0.6 is 24.2 Å². The second-order valence-corrected chi connectivity index (χ2v) is 7.50. The van der Waals surface area contributed by atoms with Gasteiger partial charge < -0.3 is 15.1 Å². The van der Waals surface area contributed by atoms with Crippen LogP contribution in [0.15, 0.2) is 29.2 Å². The highest BCUT2D eigenvalue weighted by atomic mass is 35.5. The topological polar surface area (TPSA) is 52.7 Å². The molecule has 25 heavy (non-hydrogen) atoms. The summed E-state index contributed by atoms with van der Waals surface area (Å²) in [5, 5.41) is 3.39. The number of nitrogens with one attached hydrogen (secondary N) is 1. The van der Waals surface area contributed by atoms with Gasteiger partial charge in [0.05, 0.1) is 5.92 Å². The Hall–Kier alpha value is -1.24. The molecule has 3 unspecified atom stereocenters. The van der Waals surface area contributed by atoms with Crippen LogP contribution in [0.4, 0.5) is 5.69 Å². The maximum Gasteiger partial charge on any atom is 0.228 e. The molecule has 2 aliphatic rings. The standard InChI is InChI=1S/C18H25N3O2S.ClH/c1-12-13(2)20(9-8-19-12)18(23)14-10-17(22)21(11-14)15-4-6-16(24-3)7-5-15;/h4-7,12-14,19H,8-11H2,1-3H3;1H. The van der Waals surface area contributed by atoms with Crippen molar-refractivity contribution in [3.63, 3.8) is 0 Å². The number of carbonyl (C=O) groups is 2. The van der Waals surface area contributed by atoms with E-state index < -0.39 is 0 Å². The van der Waals surface area contributed by atoms with Crippen LogP contribution < -0.4 is 10.2 Å². The van der Waals surface area contributed by atoms with Crippen LogP contribution in [0.5, 0.6) is 0 Å². The van der Waals surface area contributed by atoms with Crippen LogP contribution in [-0.2, 0) is 9.59 Å². The Morgan fingerprint density at radius 1 is 1.24 bits per heavy atom. The van der Waals surface area contributed by atoms with Crippen molar-refractivity contribution in [2.75, 3.05) is 30.8 Å². The van der Waals surface area contributed by atoms with Gasteiger partial charge in [0.1, 0.15) is 0 Å². The predicted octanol–water partition coefficient (Wildman–Crippen LogP) is 2.39. The van der Waals surface area contributed by atoms with Gasteiger partial charge in [0.2, 0.25) is 11.8 Å². The molecule has 0 aliphatic carbocycles. The molecule has 2 aliphatic heterocycles. The third-order valence-electron chi connectivity index (χ3n) is 5.18. The first-order chi connectivity index (χ1) is 11.5. The zero-order chi connectivity index (χ0) is 17.3. The maximum atomic E-state index is 12.9. The van der Waals surface area contributed by atoms with Gasteiger partial charge >= 0.3 is 0 Å². The molecule has 138 valence electrons. The van der Waals surface area contributed by atoms with Crippen molar-refractivity contribution in [1.82, 2.24) is 10.2 Å². The number of nitrogens with zero attached hydrogens (tertiary/aromatic N) is 2. The number of benzene rings is 1. The summed E-state index contributed by atoms with van der Waals surface area (Å²) >= 11 is 1.68. The summed E-state index contributed by atoms with van der Waals surface area (Å²) in [5.41, 5.74) is 0.884. The second kappa shape index (κ2) is 8.43. The molecule has 1 aromatic carbocycles. The first kappa shape index (κ1) is 20.1. The SMILES string of the molecule is CSc1ccc(N2CC(C(=O)N3CCNC(C)C3C)CC2=O)cc1.Cl. The highest BCUT2D eigenvalue weighted by Crippen LogP contribution is 2.28. The van der Waals surface area contributed by atoms with E-state index in [1.54, 1.807) is 16.7 Å². The fraction of sp³-hybridized carbons (Fsp3) is 0.556. The van der Waals surface area contributed by atoms with E-state index in [9.17, 15) is 9.59 Å². The maximum absolute atomic E-state index is 12.9. The first-order valence-corrected chi connectivity index (χ1v) is 9.72. The van der Waals surface area contributed by atoms with Gasteiger partial charge in [-0.05, 0) is 44.4 Å². The number of carbonyl (C=O) groups excluding carboxylic acids is 2.